The van der Waals surface area contributed by atoms with Gasteiger partial charge in [0, 0.05) is 51.4 Å². The normalized spacial score (nSPS) is 21.7. The van der Waals surface area contributed by atoms with E-state index in [4.69, 9.17) is 11.6 Å². The quantitative estimate of drug-likeness (QED) is 0.742. The van der Waals surface area contributed by atoms with Crippen LogP contribution in [0.4, 0.5) is 10.1 Å². The average molecular weight is 397 g/mol. The van der Waals surface area contributed by atoms with Crippen LogP contribution in [0.3, 0.4) is 0 Å². The summed E-state index contributed by atoms with van der Waals surface area (Å²) < 4.78 is 13.3. The minimum atomic E-state index is -0.526. The summed E-state index contributed by atoms with van der Waals surface area (Å²) in [6.07, 6.45) is 1.06. The SMILES string of the molecule is CN1CCN(CCCNC(=O)C2CC(=O)N(c3ccc(F)c(Cl)c3)C2)CC1. The maximum absolute atomic E-state index is 13.3. The molecule has 0 bridgehead atoms. The third-order valence-corrected chi connectivity index (χ3v) is 5.55. The van der Waals surface area contributed by atoms with Crippen molar-refractivity contribution in [3.8, 4) is 0 Å². The Kier molecular flexibility index (Phi) is 6.68. The molecule has 27 heavy (non-hydrogen) atoms. The van der Waals surface area contributed by atoms with Gasteiger partial charge in [0.05, 0.1) is 10.9 Å². The largest absolute Gasteiger partial charge is 0.356 e. The molecule has 0 saturated carbocycles. The predicted octanol–water partition coefficient (Wildman–Crippen LogP) is 1.59. The van der Waals surface area contributed by atoms with Gasteiger partial charge in [0.15, 0.2) is 0 Å². The third kappa shape index (κ3) is 5.18. The first-order valence-electron chi connectivity index (χ1n) is 9.38. The van der Waals surface area contributed by atoms with Crippen LogP contribution in [0.15, 0.2) is 18.2 Å². The average Bonchev–Trinajstić information content (AvgIpc) is 3.04. The molecule has 148 valence electrons. The van der Waals surface area contributed by atoms with Crippen LogP contribution in [0.1, 0.15) is 12.8 Å². The maximum atomic E-state index is 13.3. The maximum Gasteiger partial charge on any atom is 0.227 e. The molecule has 3 rings (SSSR count). The number of piperazine rings is 1. The molecule has 0 radical (unpaired) electrons. The Morgan fingerprint density at radius 3 is 2.74 bits per heavy atom. The fourth-order valence-corrected chi connectivity index (χ4v) is 3.69. The van der Waals surface area contributed by atoms with Crippen molar-refractivity contribution in [2.45, 2.75) is 12.8 Å². The van der Waals surface area contributed by atoms with E-state index in [0.717, 1.165) is 39.1 Å². The fourth-order valence-electron chi connectivity index (χ4n) is 3.52. The lowest BCUT2D eigenvalue weighted by atomic mass is 10.1. The lowest BCUT2D eigenvalue weighted by molar-refractivity contribution is -0.126. The number of nitrogens with one attached hydrogen (secondary N) is 1. The number of hydrogen-bond acceptors (Lipinski definition) is 4. The highest BCUT2D eigenvalue weighted by Crippen LogP contribution is 2.28. The van der Waals surface area contributed by atoms with E-state index in [9.17, 15) is 14.0 Å². The Labute approximate surface area is 164 Å². The molecule has 1 N–H and O–H groups in total. The number of hydrogen-bond donors (Lipinski definition) is 1. The first kappa shape index (κ1) is 20.0. The molecule has 2 aliphatic rings. The van der Waals surface area contributed by atoms with Crippen LogP contribution in [-0.2, 0) is 9.59 Å². The minimum absolute atomic E-state index is 0.0305. The molecule has 1 unspecified atom stereocenters. The summed E-state index contributed by atoms with van der Waals surface area (Å²) in [6, 6.07) is 4.16. The van der Waals surface area contributed by atoms with Crippen molar-refractivity contribution in [1.29, 1.82) is 0 Å². The number of nitrogens with zero attached hydrogens (tertiary/aromatic N) is 3. The van der Waals surface area contributed by atoms with Crippen molar-refractivity contribution in [3.05, 3.63) is 29.0 Å². The van der Waals surface area contributed by atoms with Crippen LogP contribution >= 0.6 is 11.6 Å². The Morgan fingerprint density at radius 1 is 1.30 bits per heavy atom. The molecule has 8 heteroatoms. The standard InChI is InChI=1S/C19H26ClFN4O2/c1-23-7-9-24(10-8-23)6-2-5-22-19(27)14-11-18(26)25(13-14)15-3-4-17(21)16(20)12-15/h3-4,12,14H,2,5-11,13H2,1H3,(H,22,27). The van der Waals surface area contributed by atoms with E-state index in [-0.39, 0.29) is 29.2 Å². The zero-order valence-electron chi connectivity index (χ0n) is 15.6. The number of halogens is 2. The van der Waals surface area contributed by atoms with Crippen molar-refractivity contribution in [1.82, 2.24) is 15.1 Å². The summed E-state index contributed by atoms with van der Waals surface area (Å²) in [6.45, 7) is 6.17. The van der Waals surface area contributed by atoms with Gasteiger partial charge in [0.2, 0.25) is 11.8 Å². The van der Waals surface area contributed by atoms with Gasteiger partial charge in [-0.05, 0) is 38.2 Å². The van der Waals surface area contributed by atoms with Crippen molar-refractivity contribution >= 4 is 29.1 Å². The van der Waals surface area contributed by atoms with Crippen LogP contribution in [0.25, 0.3) is 0 Å². The van der Waals surface area contributed by atoms with Crippen molar-refractivity contribution in [2.24, 2.45) is 5.92 Å². The Balaban J connectivity index is 1.43. The number of amides is 2. The van der Waals surface area contributed by atoms with Crippen LogP contribution < -0.4 is 10.2 Å². The second-order valence-corrected chi connectivity index (χ2v) is 7.70. The van der Waals surface area contributed by atoms with Gasteiger partial charge in [-0.15, -0.1) is 0 Å². The van der Waals surface area contributed by atoms with Crippen LogP contribution in [0.5, 0.6) is 0 Å². The highest BCUT2D eigenvalue weighted by atomic mass is 35.5. The molecule has 1 aromatic rings. The van der Waals surface area contributed by atoms with Gasteiger partial charge in [0.25, 0.3) is 0 Å². The Hall–Kier alpha value is -1.70. The summed E-state index contributed by atoms with van der Waals surface area (Å²) in [4.78, 5) is 30.9. The monoisotopic (exact) mass is 396 g/mol. The van der Waals surface area contributed by atoms with Crippen LogP contribution in [-0.4, -0.2) is 74.5 Å². The zero-order chi connectivity index (χ0) is 19.4. The topological polar surface area (TPSA) is 55.9 Å². The molecule has 2 aliphatic heterocycles. The molecule has 2 amide bonds. The van der Waals surface area contributed by atoms with E-state index < -0.39 is 5.82 Å². The molecule has 1 atom stereocenters. The van der Waals surface area contributed by atoms with E-state index in [2.05, 4.69) is 22.2 Å². The second kappa shape index (κ2) is 8.99. The van der Waals surface area contributed by atoms with Gasteiger partial charge in [-0.1, -0.05) is 11.6 Å². The summed E-state index contributed by atoms with van der Waals surface area (Å²) in [7, 11) is 2.13. The minimum Gasteiger partial charge on any atom is -0.356 e. The van der Waals surface area contributed by atoms with Crippen molar-refractivity contribution in [2.75, 3.05) is 57.8 Å². The van der Waals surface area contributed by atoms with Crippen molar-refractivity contribution in [3.63, 3.8) is 0 Å². The van der Waals surface area contributed by atoms with Gasteiger partial charge in [-0.2, -0.15) is 0 Å². The lowest BCUT2D eigenvalue weighted by Crippen LogP contribution is -2.45. The molecule has 2 heterocycles. The Bertz CT molecular complexity index is 694. The first-order valence-corrected chi connectivity index (χ1v) is 9.76. The van der Waals surface area contributed by atoms with Gasteiger partial charge in [-0.25, -0.2) is 4.39 Å². The van der Waals surface area contributed by atoms with E-state index in [1.807, 2.05) is 0 Å². The van der Waals surface area contributed by atoms with Gasteiger partial charge < -0.3 is 20.0 Å². The smallest absolute Gasteiger partial charge is 0.227 e. The number of carbonyl (C=O) groups is 2. The molecular weight excluding hydrogens is 371 g/mol. The summed E-state index contributed by atoms with van der Waals surface area (Å²) in [5.41, 5.74) is 0.525. The third-order valence-electron chi connectivity index (χ3n) is 5.26. The summed E-state index contributed by atoms with van der Waals surface area (Å²) in [5.74, 6) is -1.15. The van der Waals surface area contributed by atoms with E-state index >= 15 is 0 Å². The molecule has 0 aromatic heterocycles. The van der Waals surface area contributed by atoms with Crippen LogP contribution in [0, 0.1) is 11.7 Å². The fraction of sp³-hybridized carbons (Fsp3) is 0.579. The molecule has 6 nitrogen and oxygen atoms in total. The second-order valence-electron chi connectivity index (χ2n) is 7.29. The number of anilines is 1. The van der Waals surface area contributed by atoms with E-state index in [0.29, 0.717) is 18.8 Å². The highest BCUT2D eigenvalue weighted by molar-refractivity contribution is 6.31. The predicted molar refractivity (Wildman–Crippen MR) is 103 cm³/mol. The number of carbonyl (C=O) groups excluding carboxylic acids is 2. The van der Waals surface area contributed by atoms with Crippen molar-refractivity contribution < 1.29 is 14.0 Å². The Morgan fingerprint density at radius 2 is 2.04 bits per heavy atom. The highest BCUT2D eigenvalue weighted by Gasteiger charge is 2.35. The number of rotatable bonds is 6. The van der Waals surface area contributed by atoms with E-state index in [1.165, 1.54) is 23.1 Å². The lowest BCUT2D eigenvalue weighted by Gasteiger charge is -2.32. The molecule has 1 aromatic carbocycles. The van der Waals surface area contributed by atoms with Gasteiger partial charge in [-0.3, -0.25) is 9.59 Å². The molecule has 2 fully saturated rings. The molecular formula is C19H26ClFN4O2. The molecule has 2 saturated heterocycles. The van der Waals surface area contributed by atoms with Crippen LogP contribution in [0.2, 0.25) is 5.02 Å². The van der Waals surface area contributed by atoms with Gasteiger partial charge >= 0.3 is 0 Å². The number of likely N-dealkylation sites (N-methyl/N-ethyl adjacent to an activating group) is 1. The first-order chi connectivity index (χ1) is 12.9. The molecule has 0 spiro atoms. The zero-order valence-corrected chi connectivity index (χ0v) is 16.3. The summed E-state index contributed by atoms with van der Waals surface area (Å²) >= 11 is 5.80. The van der Waals surface area contributed by atoms with E-state index in [1.54, 1.807) is 0 Å². The molecule has 0 aliphatic carbocycles. The van der Waals surface area contributed by atoms with Gasteiger partial charge in [0.1, 0.15) is 5.82 Å². The number of benzene rings is 1. The summed E-state index contributed by atoms with van der Waals surface area (Å²) in [5, 5.41) is 2.91.